The van der Waals surface area contributed by atoms with Gasteiger partial charge in [-0.15, -0.1) is 0 Å². The molecule has 0 spiro atoms. The molecule has 110 valence electrons. The third-order valence-corrected chi connectivity index (χ3v) is 3.46. The fraction of sp³-hybridized carbons (Fsp3) is 0.857. The lowest BCUT2D eigenvalue weighted by Crippen LogP contribution is -2.44. The maximum Gasteiger partial charge on any atom is 0.307 e. The molecule has 1 fully saturated rings. The van der Waals surface area contributed by atoms with Crippen LogP contribution >= 0.6 is 0 Å². The molecule has 1 rings (SSSR count). The first-order chi connectivity index (χ1) is 9.19. The largest absolute Gasteiger partial charge is 0.469 e. The Morgan fingerprint density at radius 3 is 2.79 bits per heavy atom. The average Bonchev–Trinajstić information content (AvgIpc) is 2.43. The average molecular weight is 271 g/mol. The van der Waals surface area contributed by atoms with E-state index in [9.17, 15) is 9.59 Å². The molecule has 1 atom stereocenters. The molecule has 0 aromatic heterocycles. The van der Waals surface area contributed by atoms with Crippen LogP contribution in [-0.2, 0) is 19.1 Å². The van der Waals surface area contributed by atoms with Crippen molar-refractivity contribution in [3.05, 3.63) is 0 Å². The molecule has 0 aromatic carbocycles. The van der Waals surface area contributed by atoms with Crippen LogP contribution in [0.1, 0.15) is 45.4 Å². The van der Waals surface area contributed by atoms with Gasteiger partial charge in [0, 0.05) is 32.2 Å². The number of hydrogen-bond donors (Lipinski definition) is 0. The molecule has 5 heteroatoms. The molecule has 0 saturated carbocycles. The summed E-state index contributed by atoms with van der Waals surface area (Å²) in [7, 11) is 1.39. The highest BCUT2D eigenvalue weighted by Gasteiger charge is 2.28. The van der Waals surface area contributed by atoms with Crippen molar-refractivity contribution >= 4 is 11.9 Å². The number of hydrogen-bond acceptors (Lipinski definition) is 4. The van der Waals surface area contributed by atoms with E-state index >= 15 is 0 Å². The van der Waals surface area contributed by atoms with Gasteiger partial charge in [-0.2, -0.15) is 0 Å². The van der Waals surface area contributed by atoms with E-state index in [1.54, 1.807) is 0 Å². The second-order valence-corrected chi connectivity index (χ2v) is 4.82. The predicted octanol–water partition coefficient (Wildman–Crippen LogP) is 1.75. The Bertz CT molecular complexity index is 293. The highest BCUT2D eigenvalue weighted by molar-refractivity contribution is 5.78. The fourth-order valence-electron chi connectivity index (χ4n) is 2.43. The van der Waals surface area contributed by atoms with Gasteiger partial charge in [-0.1, -0.05) is 0 Å². The van der Waals surface area contributed by atoms with Crippen LogP contribution in [-0.4, -0.2) is 49.7 Å². The van der Waals surface area contributed by atoms with E-state index in [0.29, 0.717) is 26.1 Å². The van der Waals surface area contributed by atoms with Gasteiger partial charge in [0.2, 0.25) is 5.91 Å². The van der Waals surface area contributed by atoms with Crippen molar-refractivity contribution in [3.63, 3.8) is 0 Å². The first-order valence-electron chi connectivity index (χ1n) is 7.13. The van der Waals surface area contributed by atoms with E-state index < -0.39 is 0 Å². The highest BCUT2D eigenvalue weighted by atomic mass is 16.5. The van der Waals surface area contributed by atoms with Gasteiger partial charge < -0.3 is 14.4 Å². The van der Waals surface area contributed by atoms with Gasteiger partial charge in [-0.25, -0.2) is 0 Å². The minimum atomic E-state index is -0.237. The molecule has 0 radical (unpaired) electrons. The summed E-state index contributed by atoms with van der Waals surface area (Å²) in [6.45, 7) is 4.01. The van der Waals surface area contributed by atoms with Gasteiger partial charge >= 0.3 is 5.97 Å². The summed E-state index contributed by atoms with van der Waals surface area (Å²) >= 11 is 0. The smallest absolute Gasteiger partial charge is 0.307 e. The van der Waals surface area contributed by atoms with Gasteiger partial charge in [0.1, 0.15) is 0 Å². The van der Waals surface area contributed by atoms with Crippen LogP contribution < -0.4 is 0 Å². The summed E-state index contributed by atoms with van der Waals surface area (Å²) in [6, 6.07) is 0.0146. The van der Waals surface area contributed by atoms with E-state index in [1.807, 2.05) is 11.8 Å². The zero-order valence-electron chi connectivity index (χ0n) is 12.0. The van der Waals surface area contributed by atoms with Crippen molar-refractivity contribution in [2.45, 2.75) is 51.5 Å². The number of carbonyl (C=O) groups excluding carboxylic acids is 2. The van der Waals surface area contributed by atoms with E-state index in [-0.39, 0.29) is 17.9 Å². The molecule has 0 N–H and O–H groups in total. The van der Waals surface area contributed by atoms with Gasteiger partial charge in [-0.3, -0.25) is 9.59 Å². The van der Waals surface area contributed by atoms with Crippen LogP contribution in [0.3, 0.4) is 0 Å². The number of likely N-dealkylation sites (tertiary alicyclic amines) is 1. The Balaban J connectivity index is 2.41. The molecule has 0 aromatic rings. The third-order valence-electron chi connectivity index (χ3n) is 3.46. The number of piperidine rings is 1. The van der Waals surface area contributed by atoms with E-state index in [1.165, 1.54) is 7.11 Å². The lowest BCUT2D eigenvalue weighted by molar-refractivity contribution is -0.144. The standard InChI is InChI=1S/C14H25NO4/c1-3-19-10-6-8-13(16)15-9-5-4-7-12(15)11-14(17)18-2/h12H,3-11H2,1-2H3. The molecular weight excluding hydrogens is 246 g/mol. The normalized spacial score (nSPS) is 19.3. The summed E-state index contributed by atoms with van der Waals surface area (Å²) in [5.41, 5.74) is 0. The van der Waals surface area contributed by atoms with Crippen molar-refractivity contribution in [1.29, 1.82) is 0 Å². The predicted molar refractivity (Wildman–Crippen MR) is 71.7 cm³/mol. The Labute approximate surface area is 115 Å². The zero-order valence-corrected chi connectivity index (χ0v) is 12.0. The molecule has 1 aliphatic rings. The molecule has 0 aliphatic carbocycles. The van der Waals surface area contributed by atoms with Crippen molar-refractivity contribution in [2.75, 3.05) is 26.9 Å². The highest BCUT2D eigenvalue weighted by Crippen LogP contribution is 2.21. The Hall–Kier alpha value is -1.10. The molecular formula is C14H25NO4. The number of methoxy groups -OCH3 is 1. The number of rotatable bonds is 7. The maximum atomic E-state index is 12.2. The zero-order chi connectivity index (χ0) is 14.1. The molecule has 0 bridgehead atoms. The summed E-state index contributed by atoms with van der Waals surface area (Å²) in [5.74, 6) is -0.104. The lowest BCUT2D eigenvalue weighted by Gasteiger charge is -2.35. The number of ether oxygens (including phenoxy) is 2. The summed E-state index contributed by atoms with van der Waals surface area (Å²) in [6.07, 6.45) is 4.55. The van der Waals surface area contributed by atoms with E-state index in [4.69, 9.17) is 9.47 Å². The quantitative estimate of drug-likeness (QED) is 0.523. The number of nitrogens with zero attached hydrogens (tertiary/aromatic N) is 1. The molecule has 1 saturated heterocycles. The minimum Gasteiger partial charge on any atom is -0.469 e. The van der Waals surface area contributed by atoms with Crippen LogP contribution in [0.15, 0.2) is 0 Å². The molecule has 1 aliphatic heterocycles. The first kappa shape index (κ1) is 16.0. The molecule has 5 nitrogen and oxygen atoms in total. The summed E-state index contributed by atoms with van der Waals surface area (Å²) in [4.78, 5) is 25.4. The van der Waals surface area contributed by atoms with Gasteiger partial charge in [0.15, 0.2) is 0 Å². The van der Waals surface area contributed by atoms with Crippen LogP contribution in [0.4, 0.5) is 0 Å². The van der Waals surface area contributed by atoms with Crippen molar-refractivity contribution in [2.24, 2.45) is 0 Å². The number of carbonyl (C=O) groups is 2. The minimum absolute atomic E-state index is 0.0146. The third kappa shape index (κ3) is 5.59. The van der Waals surface area contributed by atoms with Crippen LogP contribution in [0.5, 0.6) is 0 Å². The van der Waals surface area contributed by atoms with E-state index in [0.717, 1.165) is 32.2 Å². The molecule has 1 amide bonds. The Kier molecular flexibility index (Phi) is 7.48. The molecule has 1 unspecified atom stereocenters. The molecule has 19 heavy (non-hydrogen) atoms. The van der Waals surface area contributed by atoms with Gasteiger partial charge in [0.05, 0.1) is 13.5 Å². The van der Waals surface area contributed by atoms with E-state index in [2.05, 4.69) is 0 Å². The second-order valence-electron chi connectivity index (χ2n) is 4.82. The monoisotopic (exact) mass is 271 g/mol. The SMILES string of the molecule is CCOCCCC(=O)N1CCCCC1CC(=O)OC. The van der Waals surface area contributed by atoms with Gasteiger partial charge in [0.25, 0.3) is 0 Å². The fourth-order valence-corrected chi connectivity index (χ4v) is 2.43. The second kappa shape index (κ2) is 8.91. The molecule has 1 heterocycles. The Morgan fingerprint density at radius 2 is 2.11 bits per heavy atom. The summed E-state index contributed by atoms with van der Waals surface area (Å²) < 4.78 is 9.93. The van der Waals surface area contributed by atoms with Crippen LogP contribution in [0, 0.1) is 0 Å². The van der Waals surface area contributed by atoms with Crippen LogP contribution in [0.25, 0.3) is 0 Å². The maximum absolute atomic E-state index is 12.2. The van der Waals surface area contributed by atoms with Crippen molar-refractivity contribution in [1.82, 2.24) is 4.90 Å². The van der Waals surface area contributed by atoms with Gasteiger partial charge in [-0.05, 0) is 32.6 Å². The van der Waals surface area contributed by atoms with Crippen molar-refractivity contribution in [3.8, 4) is 0 Å². The number of amides is 1. The first-order valence-corrected chi connectivity index (χ1v) is 7.13. The van der Waals surface area contributed by atoms with Crippen molar-refractivity contribution < 1.29 is 19.1 Å². The lowest BCUT2D eigenvalue weighted by atomic mass is 9.98. The topological polar surface area (TPSA) is 55.8 Å². The number of esters is 1. The Morgan fingerprint density at radius 1 is 1.32 bits per heavy atom. The summed E-state index contributed by atoms with van der Waals surface area (Å²) in [5, 5.41) is 0. The van der Waals surface area contributed by atoms with Crippen LogP contribution in [0.2, 0.25) is 0 Å².